The summed E-state index contributed by atoms with van der Waals surface area (Å²) in [4.78, 5) is 17.8. The number of piperazine rings is 1. The van der Waals surface area contributed by atoms with Crippen LogP contribution in [0.4, 0.5) is 34.6 Å². The fourth-order valence-electron chi connectivity index (χ4n) is 3.34. The molecule has 3 aromatic rings. The van der Waals surface area contributed by atoms with Crippen molar-refractivity contribution in [1.82, 2.24) is 19.9 Å². The van der Waals surface area contributed by atoms with Gasteiger partial charge in [-0.2, -0.15) is 4.98 Å². The Balaban J connectivity index is 1.48. The van der Waals surface area contributed by atoms with Crippen molar-refractivity contribution in [2.24, 2.45) is 0 Å². The van der Waals surface area contributed by atoms with E-state index in [1.807, 2.05) is 12.1 Å². The van der Waals surface area contributed by atoms with E-state index in [1.165, 1.54) is 6.20 Å². The number of nitrogens with zero attached hydrogens (tertiary/aromatic N) is 5. The zero-order chi connectivity index (χ0) is 23.4. The number of hydrogen-bond acceptors (Lipinski definition) is 9. The number of nitrogens with one attached hydrogen (secondary N) is 3. The molecule has 3 N–H and O–H groups in total. The van der Waals surface area contributed by atoms with Crippen LogP contribution >= 0.6 is 11.6 Å². The minimum absolute atomic E-state index is 0.290. The van der Waals surface area contributed by atoms with Gasteiger partial charge >= 0.3 is 0 Å². The topological polar surface area (TPSA) is 115 Å². The normalized spacial score (nSPS) is 14.7. The van der Waals surface area contributed by atoms with Crippen molar-refractivity contribution in [3.05, 3.63) is 53.8 Å². The van der Waals surface area contributed by atoms with Crippen LogP contribution < -0.4 is 20.3 Å². The van der Waals surface area contributed by atoms with E-state index in [0.717, 1.165) is 43.9 Å². The lowest BCUT2D eigenvalue weighted by Crippen LogP contribution is -2.44. The first-order valence-electron chi connectivity index (χ1n) is 10.3. The van der Waals surface area contributed by atoms with E-state index in [2.05, 4.69) is 47.2 Å². The summed E-state index contributed by atoms with van der Waals surface area (Å²) in [6.45, 7) is 3.92. The molecule has 1 aliphatic rings. The Morgan fingerprint density at radius 3 is 2.33 bits per heavy atom. The first-order chi connectivity index (χ1) is 15.8. The second-order valence-electron chi connectivity index (χ2n) is 7.76. The molecule has 4 rings (SSSR count). The highest BCUT2D eigenvalue weighted by Crippen LogP contribution is 2.29. The molecule has 1 saturated heterocycles. The van der Waals surface area contributed by atoms with Gasteiger partial charge in [0.2, 0.25) is 16.0 Å². The first-order valence-corrected chi connectivity index (χ1v) is 12.6. The lowest BCUT2D eigenvalue weighted by molar-refractivity contribution is 0.312. The summed E-state index contributed by atoms with van der Waals surface area (Å²) in [6.07, 6.45) is 4.30. The number of halogens is 1. The van der Waals surface area contributed by atoms with Gasteiger partial charge in [0.05, 0.1) is 35.7 Å². The van der Waals surface area contributed by atoms with E-state index in [-0.39, 0.29) is 0 Å². The molecule has 0 atom stereocenters. The predicted octanol–water partition coefficient (Wildman–Crippen LogP) is 3.14. The molecule has 0 saturated carbocycles. The molecule has 0 bridgehead atoms. The van der Waals surface area contributed by atoms with Crippen LogP contribution in [0.1, 0.15) is 0 Å². The molecule has 2 aromatic heterocycles. The minimum atomic E-state index is -3.45. The summed E-state index contributed by atoms with van der Waals surface area (Å²) in [6, 6.07) is 10.8. The van der Waals surface area contributed by atoms with E-state index >= 15 is 0 Å². The van der Waals surface area contributed by atoms with Crippen LogP contribution in [0, 0.1) is 0 Å². The maximum atomic E-state index is 11.7. The second kappa shape index (κ2) is 9.77. The number of pyridine rings is 1. The Kier molecular flexibility index (Phi) is 6.82. The quantitative estimate of drug-likeness (QED) is 0.461. The molecule has 0 amide bonds. The van der Waals surface area contributed by atoms with Crippen molar-refractivity contribution in [1.29, 1.82) is 0 Å². The molecular weight excluding hydrogens is 464 g/mol. The summed E-state index contributed by atoms with van der Waals surface area (Å²) < 4.78 is 25.8. The Morgan fingerprint density at radius 1 is 0.939 bits per heavy atom. The van der Waals surface area contributed by atoms with Crippen LogP contribution in [-0.2, 0) is 10.0 Å². The van der Waals surface area contributed by atoms with Gasteiger partial charge in [0.25, 0.3) is 0 Å². The van der Waals surface area contributed by atoms with Gasteiger partial charge in [0, 0.05) is 26.2 Å². The molecular formula is C21H25ClN8O2S. The number of para-hydroxylation sites is 2. The maximum Gasteiger partial charge on any atom is 0.229 e. The Morgan fingerprint density at radius 2 is 1.67 bits per heavy atom. The lowest BCUT2D eigenvalue weighted by atomic mass is 10.2. The zero-order valence-corrected chi connectivity index (χ0v) is 19.9. The number of anilines is 6. The molecule has 0 spiro atoms. The van der Waals surface area contributed by atoms with Crippen LogP contribution in [0.3, 0.4) is 0 Å². The van der Waals surface area contributed by atoms with E-state index in [4.69, 9.17) is 11.6 Å². The van der Waals surface area contributed by atoms with E-state index in [0.29, 0.717) is 28.2 Å². The predicted molar refractivity (Wildman–Crippen MR) is 132 cm³/mol. The summed E-state index contributed by atoms with van der Waals surface area (Å²) >= 11 is 6.28. The van der Waals surface area contributed by atoms with Gasteiger partial charge in [-0.05, 0) is 31.3 Å². The van der Waals surface area contributed by atoms with Gasteiger partial charge in [0.15, 0.2) is 5.82 Å². The second-order valence-corrected chi connectivity index (χ2v) is 9.91. The van der Waals surface area contributed by atoms with Gasteiger partial charge < -0.3 is 20.4 Å². The lowest BCUT2D eigenvalue weighted by Gasteiger charge is -2.33. The molecule has 1 aromatic carbocycles. The van der Waals surface area contributed by atoms with Crippen molar-refractivity contribution >= 4 is 56.3 Å². The van der Waals surface area contributed by atoms with Crippen LogP contribution in [0.5, 0.6) is 0 Å². The molecule has 1 aliphatic heterocycles. The molecule has 0 aliphatic carbocycles. The standard InChI is InChI=1S/C21H25ClN8O2S/c1-29-9-11-30(12-10-29)19-8-7-15(13-23-19)25-21-24-14-16(22)20(27-21)26-17-5-3-4-6-18(17)28-33(2,31)32/h3-8,13-14,28H,9-12H2,1-2H3,(H2,24,25,26,27). The number of benzene rings is 1. The maximum absolute atomic E-state index is 11.7. The molecule has 33 heavy (non-hydrogen) atoms. The smallest absolute Gasteiger partial charge is 0.229 e. The Hall–Kier alpha value is -3.15. The van der Waals surface area contributed by atoms with Gasteiger partial charge in [-0.1, -0.05) is 23.7 Å². The monoisotopic (exact) mass is 488 g/mol. The highest BCUT2D eigenvalue weighted by molar-refractivity contribution is 7.92. The van der Waals surface area contributed by atoms with Gasteiger partial charge in [-0.15, -0.1) is 0 Å². The summed E-state index contributed by atoms with van der Waals surface area (Å²) in [5.74, 6) is 1.59. The van der Waals surface area contributed by atoms with Gasteiger partial charge in [-0.3, -0.25) is 4.72 Å². The zero-order valence-electron chi connectivity index (χ0n) is 18.3. The summed E-state index contributed by atoms with van der Waals surface area (Å²) in [7, 11) is -1.33. The molecule has 174 valence electrons. The molecule has 3 heterocycles. The van der Waals surface area contributed by atoms with Crippen molar-refractivity contribution in [3.8, 4) is 0 Å². The average Bonchev–Trinajstić information content (AvgIpc) is 2.77. The fourth-order valence-corrected chi connectivity index (χ4v) is 4.05. The molecule has 10 nitrogen and oxygen atoms in total. The Bertz CT molecular complexity index is 1220. The number of rotatable bonds is 7. The molecule has 1 fully saturated rings. The van der Waals surface area contributed by atoms with Crippen LogP contribution in [0.2, 0.25) is 5.02 Å². The minimum Gasteiger partial charge on any atom is -0.354 e. The Labute approximate surface area is 198 Å². The van der Waals surface area contributed by atoms with Crippen LogP contribution in [-0.4, -0.2) is 67.8 Å². The number of likely N-dealkylation sites (N-methyl/N-ethyl adjacent to an activating group) is 1. The number of hydrogen-bond donors (Lipinski definition) is 3. The highest BCUT2D eigenvalue weighted by Gasteiger charge is 2.15. The van der Waals surface area contributed by atoms with Crippen molar-refractivity contribution in [2.75, 3.05) is 59.7 Å². The third-order valence-electron chi connectivity index (χ3n) is 5.05. The van der Waals surface area contributed by atoms with Crippen LogP contribution in [0.25, 0.3) is 0 Å². The van der Waals surface area contributed by atoms with Crippen molar-refractivity contribution in [3.63, 3.8) is 0 Å². The molecule has 0 radical (unpaired) electrons. The fraction of sp³-hybridized carbons (Fsp3) is 0.286. The van der Waals surface area contributed by atoms with Crippen molar-refractivity contribution in [2.45, 2.75) is 0 Å². The number of sulfonamides is 1. The average molecular weight is 489 g/mol. The summed E-state index contributed by atoms with van der Waals surface area (Å²) in [5.41, 5.74) is 1.63. The van der Waals surface area contributed by atoms with E-state index < -0.39 is 10.0 Å². The largest absolute Gasteiger partial charge is 0.354 e. The molecule has 0 unspecified atom stereocenters. The first kappa shape index (κ1) is 23.0. The third kappa shape index (κ3) is 6.21. The number of aromatic nitrogens is 3. The van der Waals surface area contributed by atoms with Gasteiger partial charge in [0.1, 0.15) is 10.8 Å². The SMILES string of the molecule is CN1CCN(c2ccc(Nc3ncc(Cl)c(Nc4ccccc4NS(C)(=O)=O)n3)cn2)CC1. The van der Waals surface area contributed by atoms with Gasteiger partial charge in [-0.25, -0.2) is 18.4 Å². The highest BCUT2D eigenvalue weighted by atomic mass is 35.5. The van der Waals surface area contributed by atoms with Crippen LogP contribution in [0.15, 0.2) is 48.8 Å². The van der Waals surface area contributed by atoms with Crippen molar-refractivity contribution < 1.29 is 8.42 Å². The molecule has 12 heteroatoms. The third-order valence-corrected chi connectivity index (χ3v) is 5.92. The van der Waals surface area contributed by atoms with E-state index in [1.54, 1.807) is 30.5 Å². The summed E-state index contributed by atoms with van der Waals surface area (Å²) in [5, 5.41) is 6.48. The van der Waals surface area contributed by atoms with E-state index in [9.17, 15) is 8.42 Å².